The van der Waals surface area contributed by atoms with Gasteiger partial charge in [-0.1, -0.05) is 52.9 Å². The molecule has 0 aromatic rings. The number of rotatable bonds is 15. The first-order valence-electron chi connectivity index (χ1n) is 11.3. The molecule has 1 aliphatic rings. The van der Waals surface area contributed by atoms with E-state index in [0.717, 1.165) is 31.8 Å². The summed E-state index contributed by atoms with van der Waals surface area (Å²) in [6, 6.07) is 0. The Labute approximate surface area is 162 Å². The molecule has 1 amide bonds. The molecule has 0 saturated carbocycles. The van der Waals surface area contributed by atoms with Crippen molar-refractivity contribution in [1.29, 1.82) is 0 Å². The fourth-order valence-electron chi connectivity index (χ4n) is 3.85. The monoisotopic (exact) mass is 367 g/mol. The van der Waals surface area contributed by atoms with Gasteiger partial charge in [0.15, 0.2) is 0 Å². The summed E-state index contributed by atoms with van der Waals surface area (Å²) in [5, 5.41) is 0. The molecule has 1 fully saturated rings. The molecule has 4 nitrogen and oxygen atoms in total. The van der Waals surface area contributed by atoms with Crippen LogP contribution in [-0.4, -0.2) is 55.0 Å². The van der Waals surface area contributed by atoms with E-state index in [1.807, 2.05) is 0 Å². The lowest BCUT2D eigenvalue weighted by Crippen LogP contribution is -2.39. The summed E-state index contributed by atoms with van der Waals surface area (Å²) in [5.41, 5.74) is 5.43. The fourth-order valence-corrected chi connectivity index (χ4v) is 3.85. The minimum absolute atomic E-state index is 0.108. The Bertz CT molecular complexity index is 351. The number of hydrogen-bond acceptors (Lipinski definition) is 3. The van der Waals surface area contributed by atoms with Crippen molar-refractivity contribution in [3.8, 4) is 0 Å². The smallest absolute Gasteiger partial charge is 0.220 e. The Hall–Kier alpha value is -0.610. The number of carbonyl (C=O) groups is 1. The van der Waals surface area contributed by atoms with E-state index >= 15 is 0 Å². The molecule has 1 saturated heterocycles. The maximum Gasteiger partial charge on any atom is 0.220 e. The third-order valence-corrected chi connectivity index (χ3v) is 5.79. The summed E-state index contributed by atoms with van der Waals surface area (Å²) in [4.78, 5) is 16.5. The van der Waals surface area contributed by atoms with E-state index in [2.05, 4.69) is 30.6 Å². The Morgan fingerprint density at radius 2 is 1.62 bits per heavy atom. The van der Waals surface area contributed by atoms with Crippen LogP contribution >= 0.6 is 0 Å². The highest BCUT2D eigenvalue weighted by Crippen LogP contribution is 2.17. The quantitative estimate of drug-likeness (QED) is 0.439. The van der Waals surface area contributed by atoms with Gasteiger partial charge >= 0.3 is 0 Å². The summed E-state index contributed by atoms with van der Waals surface area (Å²) >= 11 is 0. The molecule has 0 spiro atoms. The summed E-state index contributed by atoms with van der Waals surface area (Å²) in [6.45, 7) is 13.9. The average Bonchev–Trinajstić information content (AvgIpc) is 2.62. The SMILES string of the molecule is CCCCCCCCN(CCCN1CCC(C(N)=O)CC1)CCC(C)C. The Morgan fingerprint density at radius 1 is 1.00 bits per heavy atom. The summed E-state index contributed by atoms with van der Waals surface area (Å²) in [6.07, 6.45) is 12.7. The van der Waals surface area contributed by atoms with Gasteiger partial charge in [0.1, 0.15) is 0 Å². The molecule has 0 unspecified atom stereocenters. The maximum absolute atomic E-state index is 11.3. The first kappa shape index (κ1) is 23.4. The van der Waals surface area contributed by atoms with Gasteiger partial charge in [-0.25, -0.2) is 0 Å². The van der Waals surface area contributed by atoms with E-state index in [0.29, 0.717) is 0 Å². The number of nitrogens with two attached hydrogens (primary N) is 1. The molecule has 0 aromatic carbocycles. The van der Waals surface area contributed by atoms with Gasteiger partial charge in [-0.2, -0.15) is 0 Å². The number of unbranched alkanes of at least 4 members (excludes halogenated alkanes) is 5. The molecule has 26 heavy (non-hydrogen) atoms. The zero-order valence-corrected chi connectivity index (χ0v) is 17.8. The van der Waals surface area contributed by atoms with Gasteiger partial charge in [0.25, 0.3) is 0 Å². The van der Waals surface area contributed by atoms with Crippen LogP contribution in [0.25, 0.3) is 0 Å². The van der Waals surface area contributed by atoms with Crippen molar-refractivity contribution in [2.75, 3.05) is 39.3 Å². The standard InChI is InChI=1S/C22H45N3O/c1-4-5-6-7-8-9-14-24(17-11-20(2)3)15-10-16-25-18-12-21(13-19-25)22(23)26/h20-21H,4-19H2,1-3H3,(H2,23,26). The van der Waals surface area contributed by atoms with Gasteiger partial charge in [0, 0.05) is 5.92 Å². The second kappa shape index (κ2) is 14.4. The molecule has 1 rings (SSSR count). The molecule has 0 bridgehead atoms. The summed E-state index contributed by atoms with van der Waals surface area (Å²) in [7, 11) is 0. The normalized spacial score (nSPS) is 16.7. The molecular weight excluding hydrogens is 322 g/mol. The van der Waals surface area contributed by atoms with Crippen LogP contribution in [0, 0.1) is 11.8 Å². The van der Waals surface area contributed by atoms with E-state index in [-0.39, 0.29) is 11.8 Å². The minimum Gasteiger partial charge on any atom is -0.369 e. The van der Waals surface area contributed by atoms with Gasteiger partial charge < -0.3 is 15.5 Å². The first-order chi connectivity index (χ1) is 12.5. The van der Waals surface area contributed by atoms with E-state index in [9.17, 15) is 4.79 Å². The molecule has 0 radical (unpaired) electrons. The van der Waals surface area contributed by atoms with Crippen molar-refractivity contribution in [1.82, 2.24) is 9.80 Å². The molecule has 4 heteroatoms. The summed E-state index contributed by atoms with van der Waals surface area (Å²) in [5.74, 6) is 0.792. The Kier molecular flexibility index (Phi) is 13.0. The van der Waals surface area contributed by atoms with Crippen LogP contribution in [0.2, 0.25) is 0 Å². The third-order valence-electron chi connectivity index (χ3n) is 5.79. The molecule has 0 aromatic heterocycles. The molecule has 0 aliphatic carbocycles. The van der Waals surface area contributed by atoms with E-state index in [1.165, 1.54) is 77.5 Å². The Morgan fingerprint density at radius 3 is 2.23 bits per heavy atom. The minimum atomic E-state index is -0.108. The molecule has 1 aliphatic heterocycles. The van der Waals surface area contributed by atoms with Crippen LogP contribution in [0.5, 0.6) is 0 Å². The first-order valence-corrected chi connectivity index (χ1v) is 11.3. The van der Waals surface area contributed by atoms with E-state index < -0.39 is 0 Å². The van der Waals surface area contributed by atoms with Crippen LogP contribution in [0.1, 0.15) is 85.0 Å². The predicted octanol–water partition coefficient (Wildman–Crippen LogP) is 4.28. The predicted molar refractivity (Wildman–Crippen MR) is 112 cm³/mol. The van der Waals surface area contributed by atoms with Crippen molar-refractivity contribution in [2.24, 2.45) is 17.6 Å². The number of amides is 1. The number of primary amides is 1. The number of nitrogens with zero attached hydrogens (tertiary/aromatic N) is 2. The third kappa shape index (κ3) is 11.2. The van der Waals surface area contributed by atoms with Gasteiger partial charge in [-0.05, 0) is 77.3 Å². The Balaban J connectivity index is 2.19. The second-order valence-corrected chi connectivity index (χ2v) is 8.66. The zero-order chi connectivity index (χ0) is 19.2. The van der Waals surface area contributed by atoms with Crippen molar-refractivity contribution >= 4 is 5.91 Å². The number of piperidine rings is 1. The van der Waals surface area contributed by atoms with Crippen LogP contribution in [-0.2, 0) is 4.79 Å². The number of carbonyl (C=O) groups excluding carboxylic acids is 1. The largest absolute Gasteiger partial charge is 0.369 e. The lowest BCUT2D eigenvalue weighted by atomic mass is 9.96. The number of hydrogen-bond donors (Lipinski definition) is 1. The van der Waals surface area contributed by atoms with Gasteiger partial charge in [0.05, 0.1) is 0 Å². The highest BCUT2D eigenvalue weighted by atomic mass is 16.1. The highest BCUT2D eigenvalue weighted by molar-refractivity contribution is 5.76. The van der Waals surface area contributed by atoms with Crippen molar-refractivity contribution < 1.29 is 4.79 Å². The van der Waals surface area contributed by atoms with Gasteiger partial charge in [-0.3, -0.25) is 4.79 Å². The topological polar surface area (TPSA) is 49.6 Å². The molecule has 0 atom stereocenters. The summed E-state index contributed by atoms with van der Waals surface area (Å²) < 4.78 is 0. The van der Waals surface area contributed by atoms with Crippen molar-refractivity contribution in [3.63, 3.8) is 0 Å². The van der Waals surface area contributed by atoms with Crippen LogP contribution in [0.4, 0.5) is 0 Å². The number of likely N-dealkylation sites (tertiary alicyclic amines) is 1. The van der Waals surface area contributed by atoms with Crippen molar-refractivity contribution in [2.45, 2.75) is 85.0 Å². The highest BCUT2D eigenvalue weighted by Gasteiger charge is 2.22. The second-order valence-electron chi connectivity index (χ2n) is 8.66. The molecular formula is C22H45N3O. The van der Waals surface area contributed by atoms with Crippen LogP contribution in [0.15, 0.2) is 0 Å². The molecule has 154 valence electrons. The lowest BCUT2D eigenvalue weighted by molar-refractivity contribution is -0.123. The fraction of sp³-hybridized carbons (Fsp3) is 0.955. The van der Waals surface area contributed by atoms with Gasteiger partial charge in [0.2, 0.25) is 5.91 Å². The average molecular weight is 368 g/mol. The zero-order valence-electron chi connectivity index (χ0n) is 17.8. The lowest BCUT2D eigenvalue weighted by Gasteiger charge is -2.31. The van der Waals surface area contributed by atoms with Crippen LogP contribution in [0.3, 0.4) is 0 Å². The van der Waals surface area contributed by atoms with Gasteiger partial charge in [-0.15, -0.1) is 0 Å². The van der Waals surface area contributed by atoms with Crippen LogP contribution < -0.4 is 5.73 Å². The molecule has 1 heterocycles. The maximum atomic E-state index is 11.3. The van der Waals surface area contributed by atoms with Crippen molar-refractivity contribution in [3.05, 3.63) is 0 Å². The van der Waals surface area contributed by atoms with E-state index in [1.54, 1.807) is 0 Å². The molecule has 2 N–H and O–H groups in total. The van der Waals surface area contributed by atoms with E-state index in [4.69, 9.17) is 5.73 Å².